The van der Waals surface area contributed by atoms with E-state index >= 15 is 0 Å². The van der Waals surface area contributed by atoms with Gasteiger partial charge in [-0.3, -0.25) is 0 Å². The molecule has 18 heavy (non-hydrogen) atoms. The maximum Gasteiger partial charge on any atom is 0.104 e. The van der Waals surface area contributed by atoms with Gasteiger partial charge in [-0.1, -0.05) is 60.8 Å². The fourth-order valence-electron chi connectivity index (χ4n) is 1.70. The molecule has 0 spiro atoms. The number of rotatable bonds is 3. The van der Waals surface area contributed by atoms with Gasteiger partial charge in [0.05, 0.1) is 0 Å². The first-order valence-corrected chi connectivity index (χ1v) is 6.19. The fraction of sp³-hybridized carbons (Fsp3) is 0. The predicted octanol–water partition coefficient (Wildman–Crippen LogP) is 2.62. The van der Waals surface area contributed by atoms with Crippen LogP contribution in [0.15, 0.2) is 48.5 Å². The summed E-state index contributed by atoms with van der Waals surface area (Å²) in [6.45, 7) is 0. The Morgan fingerprint density at radius 3 is 1.44 bits per heavy atom. The number of thiocarbonyl (C=S) groups is 2. The molecule has 2 aromatic rings. The van der Waals surface area contributed by atoms with Crippen molar-refractivity contribution < 1.29 is 0 Å². The van der Waals surface area contributed by atoms with Crippen LogP contribution in [0.5, 0.6) is 0 Å². The topological polar surface area (TPSA) is 52.0 Å². The van der Waals surface area contributed by atoms with Gasteiger partial charge in [-0.05, 0) is 23.3 Å². The summed E-state index contributed by atoms with van der Waals surface area (Å²) in [7, 11) is 0. The lowest BCUT2D eigenvalue weighted by Crippen LogP contribution is -2.09. The molecule has 0 fully saturated rings. The fourth-order valence-corrected chi connectivity index (χ4v) is 1.96. The van der Waals surface area contributed by atoms with Crippen LogP contribution in [-0.2, 0) is 0 Å². The van der Waals surface area contributed by atoms with Crippen molar-refractivity contribution in [1.82, 2.24) is 0 Å². The van der Waals surface area contributed by atoms with Gasteiger partial charge < -0.3 is 11.5 Å². The normalized spacial score (nSPS) is 10.0. The summed E-state index contributed by atoms with van der Waals surface area (Å²) in [5.74, 6) is 0. The average molecular weight is 272 g/mol. The van der Waals surface area contributed by atoms with Crippen LogP contribution < -0.4 is 11.5 Å². The molecule has 0 bridgehead atoms. The molecule has 4 N–H and O–H groups in total. The molecule has 2 nitrogen and oxygen atoms in total. The molecule has 0 saturated carbocycles. The zero-order valence-corrected chi connectivity index (χ0v) is 11.2. The first kappa shape index (κ1) is 12.7. The monoisotopic (exact) mass is 272 g/mol. The summed E-state index contributed by atoms with van der Waals surface area (Å²) in [5, 5.41) is 0. The van der Waals surface area contributed by atoms with Gasteiger partial charge in [0.15, 0.2) is 0 Å². The molecule has 0 aromatic heterocycles. The van der Waals surface area contributed by atoms with E-state index < -0.39 is 0 Å². The van der Waals surface area contributed by atoms with Gasteiger partial charge >= 0.3 is 0 Å². The summed E-state index contributed by atoms with van der Waals surface area (Å²) < 4.78 is 0. The highest BCUT2D eigenvalue weighted by Crippen LogP contribution is 2.21. The molecule has 2 aromatic carbocycles. The van der Waals surface area contributed by atoms with E-state index in [1.165, 1.54) is 0 Å². The van der Waals surface area contributed by atoms with Crippen LogP contribution in [0, 0.1) is 0 Å². The number of hydrogen-bond donors (Lipinski definition) is 2. The Balaban J connectivity index is 2.48. The van der Waals surface area contributed by atoms with Crippen molar-refractivity contribution in [2.45, 2.75) is 0 Å². The molecule has 0 amide bonds. The smallest absolute Gasteiger partial charge is 0.104 e. The van der Waals surface area contributed by atoms with Crippen LogP contribution in [0.3, 0.4) is 0 Å². The third kappa shape index (κ3) is 2.72. The highest BCUT2D eigenvalue weighted by molar-refractivity contribution is 7.80. The Kier molecular flexibility index (Phi) is 3.69. The van der Waals surface area contributed by atoms with Crippen molar-refractivity contribution in [2.24, 2.45) is 11.5 Å². The maximum atomic E-state index is 5.63. The molecule has 0 aliphatic carbocycles. The summed E-state index contributed by atoms with van der Waals surface area (Å²) in [6, 6.07) is 15.6. The second kappa shape index (κ2) is 5.25. The van der Waals surface area contributed by atoms with E-state index in [2.05, 4.69) is 0 Å². The molecule has 0 saturated heterocycles. The third-order valence-electron chi connectivity index (χ3n) is 2.63. The highest BCUT2D eigenvalue weighted by Gasteiger charge is 2.03. The van der Waals surface area contributed by atoms with Crippen LogP contribution in [-0.4, -0.2) is 9.98 Å². The molecular formula is C14H12N2S2. The zero-order valence-electron chi connectivity index (χ0n) is 9.59. The molecule has 0 aliphatic heterocycles. The summed E-state index contributed by atoms with van der Waals surface area (Å²) >= 11 is 9.95. The number of benzene rings is 2. The predicted molar refractivity (Wildman–Crippen MR) is 83.7 cm³/mol. The van der Waals surface area contributed by atoms with Crippen LogP contribution in [0.2, 0.25) is 0 Å². The van der Waals surface area contributed by atoms with E-state index in [1.807, 2.05) is 48.5 Å². The molecule has 0 heterocycles. The minimum absolute atomic E-state index is 0.391. The van der Waals surface area contributed by atoms with E-state index in [0.717, 1.165) is 22.3 Å². The lowest BCUT2D eigenvalue weighted by Gasteiger charge is -2.06. The van der Waals surface area contributed by atoms with Crippen molar-refractivity contribution in [3.05, 3.63) is 59.7 Å². The molecule has 0 unspecified atom stereocenters. The van der Waals surface area contributed by atoms with E-state index in [4.69, 9.17) is 35.9 Å². The zero-order chi connectivity index (χ0) is 13.1. The van der Waals surface area contributed by atoms with Gasteiger partial charge in [0.25, 0.3) is 0 Å². The van der Waals surface area contributed by atoms with Crippen molar-refractivity contribution in [2.75, 3.05) is 0 Å². The van der Waals surface area contributed by atoms with Crippen molar-refractivity contribution >= 4 is 34.4 Å². The largest absolute Gasteiger partial charge is 0.389 e. The maximum absolute atomic E-state index is 5.63. The Bertz CT molecular complexity index is 565. The van der Waals surface area contributed by atoms with Crippen LogP contribution in [0.1, 0.15) is 11.1 Å². The van der Waals surface area contributed by atoms with E-state index in [9.17, 15) is 0 Å². The van der Waals surface area contributed by atoms with E-state index in [0.29, 0.717) is 9.98 Å². The molecule has 4 heteroatoms. The Morgan fingerprint density at radius 1 is 0.722 bits per heavy atom. The van der Waals surface area contributed by atoms with E-state index in [-0.39, 0.29) is 0 Å². The quantitative estimate of drug-likeness (QED) is 0.843. The first-order valence-electron chi connectivity index (χ1n) is 5.38. The van der Waals surface area contributed by atoms with E-state index in [1.54, 1.807) is 0 Å². The molecule has 0 aliphatic rings. The van der Waals surface area contributed by atoms with Gasteiger partial charge in [0.1, 0.15) is 9.98 Å². The molecule has 0 radical (unpaired) electrons. The number of nitrogens with two attached hydrogens (primary N) is 2. The van der Waals surface area contributed by atoms with Gasteiger partial charge in [-0.25, -0.2) is 0 Å². The summed E-state index contributed by atoms with van der Waals surface area (Å²) in [6.07, 6.45) is 0. The summed E-state index contributed by atoms with van der Waals surface area (Å²) in [4.78, 5) is 0.782. The number of hydrogen-bond acceptors (Lipinski definition) is 2. The van der Waals surface area contributed by atoms with Crippen LogP contribution in [0.4, 0.5) is 0 Å². The first-order chi connectivity index (χ1) is 8.58. The Hall–Kier alpha value is -1.78. The standard InChI is InChI=1S/C14H12N2S2/c15-13(17)11-5-1-3-9(7-11)10-4-2-6-12(8-10)14(16)18/h1-8H,(H2,15,17)(H2,16,18). The Morgan fingerprint density at radius 2 is 1.11 bits per heavy atom. The van der Waals surface area contributed by atoms with Crippen LogP contribution >= 0.6 is 24.4 Å². The van der Waals surface area contributed by atoms with Crippen LogP contribution in [0.25, 0.3) is 11.1 Å². The minimum Gasteiger partial charge on any atom is -0.389 e. The molecule has 2 rings (SSSR count). The van der Waals surface area contributed by atoms with Crippen molar-refractivity contribution in [3.8, 4) is 11.1 Å². The second-order valence-corrected chi connectivity index (χ2v) is 4.77. The molecular weight excluding hydrogens is 260 g/mol. The molecule has 90 valence electrons. The Labute approximate surface area is 117 Å². The summed E-state index contributed by atoms with van der Waals surface area (Å²) in [5.41, 5.74) is 15.0. The molecule has 0 atom stereocenters. The second-order valence-electron chi connectivity index (χ2n) is 3.89. The lowest BCUT2D eigenvalue weighted by molar-refractivity contribution is 1.56. The highest BCUT2D eigenvalue weighted by atomic mass is 32.1. The lowest BCUT2D eigenvalue weighted by atomic mass is 10.0. The van der Waals surface area contributed by atoms with Gasteiger partial charge in [-0.15, -0.1) is 0 Å². The van der Waals surface area contributed by atoms with Gasteiger partial charge in [0, 0.05) is 11.1 Å². The van der Waals surface area contributed by atoms with Crippen molar-refractivity contribution in [1.29, 1.82) is 0 Å². The van der Waals surface area contributed by atoms with Gasteiger partial charge in [0.2, 0.25) is 0 Å². The minimum atomic E-state index is 0.391. The SMILES string of the molecule is NC(=S)c1cccc(-c2cccc(C(N)=S)c2)c1. The van der Waals surface area contributed by atoms with Crippen molar-refractivity contribution in [3.63, 3.8) is 0 Å². The average Bonchev–Trinajstić information content (AvgIpc) is 2.39. The third-order valence-corrected chi connectivity index (χ3v) is 3.10. The van der Waals surface area contributed by atoms with Gasteiger partial charge in [-0.2, -0.15) is 0 Å².